The molecule has 5 nitrogen and oxygen atoms in total. The first-order valence-electron chi connectivity index (χ1n) is 6.23. The Morgan fingerprint density at radius 2 is 2.11 bits per heavy atom. The summed E-state index contributed by atoms with van der Waals surface area (Å²) in [5.41, 5.74) is 0.530. The molecule has 106 valence electrons. The van der Waals surface area contributed by atoms with E-state index >= 15 is 0 Å². The summed E-state index contributed by atoms with van der Waals surface area (Å²) in [5, 5.41) is 11.8. The molecule has 0 bridgehead atoms. The van der Waals surface area contributed by atoms with Crippen LogP contribution in [0.1, 0.15) is 31.3 Å². The molecule has 0 aliphatic rings. The highest BCUT2D eigenvalue weighted by molar-refractivity contribution is 9.10. The average molecular weight is 331 g/mol. The Morgan fingerprint density at radius 1 is 1.47 bits per heavy atom. The number of nitrogens with one attached hydrogen (secondary N) is 1. The SMILES string of the molecule is CCn1cc(Br)cc1C(=O)NCC(C(=O)O)C(C)C. The largest absolute Gasteiger partial charge is 0.481 e. The quantitative estimate of drug-likeness (QED) is 0.841. The van der Waals surface area contributed by atoms with Crippen molar-refractivity contribution in [2.75, 3.05) is 6.54 Å². The number of carbonyl (C=O) groups excluding carboxylic acids is 1. The van der Waals surface area contributed by atoms with E-state index in [1.165, 1.54) is 0 Å². The molecule has 0 fully saturated rings. The molecule has 1 rings (SSSR count). The third kappa shape index (κ3) is 4.09. The van der Waals surface area contributed by atoms with Gasteiger partial charge >= 0.3 is 5.97 Å². The molecule has 0 aromatic carbocycles. The molecule has 1 aromatic rings. The lowest BCUT2D eigenvalue weighted by Crippen LogP contribution is -2.36. The zero-order valence-electron chi connectivity index (χ0n) is 11.3. The number of rotatable bonds is 6. The number of carboxylic acids is 1. The van der Waals surface area contributed by atoms with Crippen molar-refractivity contribution in [1.29, 1.82) is 0 Å². The van der Waals surface area contributed by atoms with Crippen molar-refractivity contribution in [3.05, 3.63) is 22.4 Å². The van der Waals surface area contributed by atoms with Gasteiger partial charge in [-0.1, -0.05) is 13.8 Å². The number of carbonyl (C=O) groups is 2. The van der Waals surface area contributed by atoms with Crippen LogP contribution in [-0.4, -0.2) is 28.1 Å². The van der Waals surface area contributed by atoms with Gasteiger partial charge in [-0.25, -0.2) is 0 Å². The topological polar surface area (TPSA) is 71.3 Å². The molecule has 6 heteroatoms. The van der Waals surface area contributed by atoms with Crippen LogP contribution in [0.4, 0.5) is 0 Å². The number of nitrogens with zero attached hydrogens (tertiary/aromatic N) is 1. The van der Waals surface area contributed by atoms with Crippen LogP contribution in [0.25, 0.3) is 0 Å². The van der Waals surface area contributed by atoms with Gasteiger partial charge in [0.1, 0.15) is 5.69 Å². The minimum Gasteiger partial charge on any atom is -0.481 e. The molecule has 1 unspecified atom stereocenters. The Kier molecular flexibility index (Phi) is 5.60. The number of hydrogen-bond acceptors (Lipinski definition) is 2. The number of hydrogen-bond donors (Lipinski definition) is 2. The maximum Gasteiger partial charge on any atom is 0.308 e. The number of aliphatic carboxylic acids is 1. The monoisotopic (exact) mass is 330 g/mol. The van der Waals surface area contributed by atoms with E-state index in [9.17, 15) is 9.59 Å². The molecule has 1 aromatic heterocycles. The zero-order valence-corrected chi connectivity index (χ0v) is 12.9. The summed E-state index contributed by atoms with van der Waals surface area (Å²) in [4.78, 5) is 23.1. The van der Waals surface area contributed by atoms with E-state index in [0.717, 1.165) is 4.47 Å². The molecule has 0 aliphatic heterocycles. The van der Waals surface area contributed by atoms with E-state index in [1.54, 1.807) is 6.07 Å². The molecule has 19 heavy (non-hydrogen) atoms. The van der Waals surface area contributed by atoms with Gasteiger partial charge in [0.05, 0.1) is 5.92 Å². The molecular weight excluding hydrogens is 312 g/mol. The molecule has 1 atom stereocenters. The second-order valence-electron chi connectivity index (χ2n) is 4.73. The van der Waals surface area contributed by atoms with Gasteiger partial charge in [-0.15, -0.1) is 0 Å². The normalized spacial score (nSPS) is 12.5. The summed E-state index contributed by atoms with van der Waals surface area (Å²) in [5.74, 6) is -1.73. The highest BCUT2D eigenvalue weighted by atomic mass is 79.9. The van der Waals surface area contributed by atoms with E-state index in [-0.39, 0.29) is 18.4 Å². The van der Waals surface area contributed by atoms with Crippen molar-refractivity contribution < 1.29 is 14.7 Å². The minimum atomic E-state index is -0.887. The van der Waals surface area contributed by atoms with Gasteiger partial charge in [0.2, 0.25) is 0 Å². The van der Waals surface area contributed by atoms with Crippen LogP contribution >= 0.6 is 15.9 Å². The standard InChI is InChI=1S/C13H19BrN2O3/c1-4-16-7-9(14)5-11(16)12(17)15-6-10(8(2)3)13(18)19/h5,7-8,10H,4,6H2,1-3H3,(H,15,17)(H,18,19). The van der Waals surface area contributed by atoms with E-state index in [0.29, 0.717) is 12.2 Å². The van der Waals surface area contributed by atoms with Gasteiger partial charge in [-0.05, 0) is 34.8 Å². The van der Waals surface area contributed by atoms with E-state index in [1.807, 2.05) is 31.5 Å². The number of amides is 1. The van der Waals surface area contributed by atoms with Gasteiger partial charge < -0.3 is 15.0 Å². The molecule has 0 spiro atoms. The Morgan fingerprint density at radius 3 is 2.58 bits per heavy atom. The number of halogens is 1. The van der Waals surface area contributed by atoms with Gasteiger partial charge in [0.15, 0.2) is 0 Å². The number of aryl methyl sites for hydroxylation is 1. The zero-order chi connectivity index (χ0) is 14.6. The van der Waals surface area contributed by atoms with Crippen molar-refractivity contribution in [2.45, 2.75) is 27.3 Å². The molecule has 0 saturated heterocycles. The summed E-state index contributed by atoms with van der Waals surface area (Å²) in [6, 6.07) is 1.73. The van der Waals surface area contributed by atoms with Crippen molar-refractivity contribution in [3.63, 3.8) is 0 Å². The van der Waals surface area contributed by atoms with Crippen LogP contribution in [0.15, 0.2) is 16.7 Å². The van der Waals surface area contributed by atoms with Gasteiger partial charge in [0, 0.05) is 23.8 Å². The second-order valence-corrected chi connectivity index (χ2v) is 5.64. The fraction of sp³-hybridized carbons (Fsp3) is 0.538. The highest BCUT2D eigenvalue weighted by Gasteiger charge is 2.23. The van der Waals surface area contributed by atoms with Crippen LogP contribution in [0.5, 0.6) is 0 Å². The first-order valence-corrected chi connectivity index (χ1v) is 7.02. The smallest absolute Gasteiger partial charge is 0.308 e. The first-order chi connectivity index (χ1) is 8.86. The lowest BCUT2D eigenvalue weighted by atomic mass is 9.96. The fourth-order valence-corrected chi connectivity index (χ4v) is 2.29. The van der Waals surface area contributed by atoms with Gasteiger partial charge in [-0.2, -0.15) is 0 Å². The third-order valence-corrected chi connectivity index (χ3v) is 3.47. The molecule has 1 heterocycles. The molecule has 0 aliphatic carbocycles. The maximum atomic E-state index is 12.0. The van der Waals surface area contributed by atoms with Crippen LogP contribution in [0.2, 0.25) is 0 Å². The summed E-state index contributed by atoms with van der Waals surface area (Å²) in [6.45, 7) is 6.42. The molecule has 0 radical (unpaired) electrons. The van der Waals surface area contributed by atoms with Gasteiger partial charge in [0.25, 0.3) is 5.91 Å². The highest BCUT2D eigenvalue weighted by Crippen LogP contribution is 2.15. The number of carboxylic acid groups (broad SMARTS) is 1. The summed E-state index contributed by atoms with van der Waals surface area (Å²) >= 11 is 3.32. The lowest BCUT2D eigenvalue weighted by molar-refractivity contribution is -0.142. The Balaban J connectivity index is 2.72. The Labute approximate surface area is 121 Å². The third-order valence-electron chi connectivity index (χ3n) is 3.04. The lowest BCUT2D eigenvalue weighted by Gasteiger charge is -2.17. The number of aromatic nitrogens is 1. The summed E-state index contributed by atoms with van der Waals surface area (Å²) in [7, 11) is 0. The van der Waals surface area contributed by atoms with Crippen molar-refractivity contribution >= 4 is 27.8 Å². The molecule has 1 amide bonds. The van der Waals surface area contributed by atoms with Crippen LogP contribution in [0.3, 0.4) is 0 Å². The van der Waals surface area contributed by atoms with Crippen LogP contribution in [0, 0.1) is 11.8 Å². The second kappa shape index (κ2) is 6.75. The van der Waals surface area contributed by atoms with Crippen molar-refractivity contribution in [2.24, 2.45) is 11.8 Å². The van der Waals surface area contributed by atoms with E-state index in [4.69, 9.17) is 5.11 Å². The minimum absolute atomic E-state index is 0.0255. The van der Waals surface area contributed by atoms with Crippen LogP contribution < -0.4 is 5.32 Å². The predicted molar refractivity (Wildman–Crippen MR) is 76.1 cm³/mol. The van der Waals surface area contributed by atoms with Crippen LogP contribution in [-0.2, 0) is 11.3 Å². The van der Waals surface area contributed by atoms with Gasteiger partial charge in [-0.3, -0.25) is 9.59 Å². The van der Waals surface area contributed by atoms with E-state index in [2.05, 4.69) is 21.2 Å². The molecule has 2 N–H and O–H groups in total. The maximum absolute atomic E-state index is 12.0. The summed E-state index contributed by atoms with van der Waals surface area (Å²) < 4.78 is 2.64. The van der Waals surface area contributed by atoms with E-state index < -0.39 is 11.9 Å². The summed E-state index contributed by atoms with van der Waals surface area (Å²) in [6.07, 6.45) is 1.83. The Bertz CT molecular complexity index is 468. The first kappa shape index (κ1) is 15.8. The predicted octanol–water partition coefficient (Wildman–Crippen LogP) is 2.36. The molecular formula is C13H19BrN2O3. The van der Waals surface area contributed by atoms with Crippen molar-refractivity contribution in [1.82, 2.24) is 9.88 Å². The average Bonchev–Trinajstić information content (AvgIpc) is 2.69. The fourth-order valence-electron chi connectivity index (χ4n) is 1.83. The van der Waals surface area contributed by atoms with Crippen molar-refractivity contribution in [3.8, 4) is 0 Å². The Hall–Kier alpha value is -1.30. The molecule has 0 saturated carbocycles.